The van der Waals surface area contributed by atoms with Gasteiger partial charge in [-0.1, -0.05) is 48.5 Å². The highest BCUT2D eigenvalue weighted by Gasteiger charge is 2.48. The molecule has 3 aromatic carbocycles. The number of halogens is 1. The van der Waals surface area contributed by atoms with Crippen LogP contribution < -0.4 is 10.6 Å². The highest BCUT2D eigenvalue weighted by atomic mass is 32.1. The first-order chi connectivity index (χ1) is 22.6. The van der Waals surface area contributed by atoms with Crippen molar-refractivity contribution in [2.45, 2.75) is 62.7 Å². The maximum absolute atomic E-state index is 13.6. The Morgan fingerprint density at radius 3 is 2.23 bits per heavy atom. The molecule has 1 saturated heterocycles. The zero-order valence-electron chi connectivity index (χ0n) is 26.0. The van der Waals surface area contributed by atoms with Crippen LogP contribution in [0.1, 0.15) is 64.4 Å². The van der Waals surface area contributed by atoms with Gasteiger partial charge in [-0.3, -0.25) is 9.59 Å². The number of amides is 2. The van der Waals surface area contributed by atoms with Gasteiger partial charge in [0.25, 0.3) is 0 Å². The van der Waals surface area contributed by atoms with Gasteiger partial charge in [-0.25, -0.2) is 9.37 Å². The van der Waals surface area contributed by atoms with Crippen molar-refractivity contribution in [1.82, 2.24) is 4.98 Å². The first kappa shape index (κ1) is 34.3. The van der Waals surface area contributed by atoms with Gasteiger partial charge in [0.1, 0.15) is 11.4 Å². The molecule has 3 atom stereocenters. The van der Waals surface area contributed by atoms with E-state index < -0.39 is 30.8 Å². The third kappa shape index (κ3) is 8.48. The lowest BCUT2D eigenvalue weighted by molar-refractivity contribution is -0.131. The number of carbonyl (C=O) groups is 2. The summed E-state index contributed by atoms with van der Waals surface area (Å²) >= 11 is 1.50. The third-order valence-corrected chi connectivity index (χ3v) is 9.76. The predicted octanol–water partition coefficient (Wildman–Crippen LogP) is 3.96. The molecule has 248 valence electrons. The topological polar surface area (TPSA) is 157 Å². The first-order valence-corrected chi connectivity index (χ1v) is 16.6. The first-order valence-electron chi connectivity index (χ1n) is 15.7. The van der Waals surface area contributed by atoms with E-state index >= 15 is 0 Å². The Morgan fingerprint density at radius 2 is 1.60 bits per heavy atom. The van der Waals surface area contributed by atoms with Crippen molar-refractivity contribution < 1.29 is 34.4 Å². The molecule has 0 bridgehead atoms. The maximum Gasteiger partial charge on any atom is 0.233 e. The molecule has 2 heterocycles. The van der Waals surface area contributed by atoms with Crippen molar-refractivity contribution in [3.8, 4) is 0 Å². The van der Waals surface area contributed by atoms with Gasteiger partial charge in [0, 0.05) is 17.5 Å². The van der Waals surface area contributed by atoms with Crippen LogP contribution in [0.15, 0.2) is 78.2 Å². The predicted molar refractivity (Wildman–Crippen MR) is 177 cm³/mol. The van der Waals surface area contributed by atoms with Gasteiger partial charge in [0.15, 0.2) is 0 Å². The van der Waals surface area contributed by atoms with Crippen LogP contribution in [0.25, 0.3) is 0 Å². The highest BCUT2D eigenvalue weighted by Crippen LogP contribution is 2.46. The molecule has 1 aromatic heterocycles. The molecule has 1 aliphatic heterocycles. The second kappa shape index (κ2) is 15.3. The molecular weight excluding hydrogens is 621 g/mol. The highest BCUT2D eigenvalue weighted by molar-refractivity contribution is 7.09. The standard InChI is InChI=1S/C36H40FN3O6S/c37-27-10-8-25(9-11-27)31(43)15-14-30-34(26-6-1-24(2-7-26)17-18-36(46,21-41)22-42)40(35(30)45)29-12-3-23(4-13-29)5-16-33-39-28(20-47-33)19-32(38)44/h1-4,6-13,20,30-31,34,41-43,46H,5,14-19,21-22H2,(H2,38,44)/t30-,31+,34-/m1/s1. The molecule has 0 aliphatic carbocycles. The summed E-state index contributed by atoms with van der Waals surface area (Å²) in [6.45, 7) is -1.07. The number of aryl methyl sites for hydroxylation is 3. The Bertz CT molecular complexity index is 1640. The van der Waals surface area contributed by atoms with Crippen LogP contribution in [-0.2, 0) is 35.3 Å². The van der Waals surface area contributed by atoms with Gasteiger partial charge in [-0.2, -0.15) is 0 Å². The number of aromatic nitrogens is 1. The van der Waals surface area contributed by atoms with E-state index in [0.29, 0.717) is 36.9 Å². The smallest absolute Gasteiger partial charge is 0.233 e. The summed E-state index contributed by atoms with van der Waals surface area (Å²) in [6.07, 6.45) is 2.17. The van der Waals surface area contributed by atoms with Gasteiger partial charge in [0.2, 0.25) is 11.8 Å². The summed E-state index contributed by atoms with van der Waals surface area (Å²) in [5.74, 6) is -1.20. The Hall–Kier alpha value is -4.00. The van der Waals surface area contributed by atoms with E-state index in [2.05, 4.69) is 4.98 Å². The van der Waals surface area contributed by atoms with Crippen molar-refractivity contribution in [3.63, 3.8) is 0 Å². The van der Waals surface area contributed by atoms with E-state index in [4.69, 9.17) is 5.73 Å². The van der Waals surface area contributed by atoms with Crippen LogP contribution in [-0.4, -0.2) is 56.0 Å². The lowest BCUT2D eigenvalue weighted by Gasteiger charge is -2.48. The second-order valence-corrected chi connectivity index (χ2v) is 13.2. The van der Waals surface area contributed by atoms with Crippen LogP contribution in [0.5, 0.6) is 0 Å². The SMILES string of the molecule is NC(=O)Cc1csc(CCc2ccc(N3C(=O)[C@H](CC[C@H](O)c4ccc(F)cc4)[C@H]3c3ccc(CCC(O)(CO)CO)cc3)cc2)n1. The molecule has 9 nitrogen and oxygen atoms in total. The average molecular weight is 662 g/mol. The molecule has 0 radical (unpaired) electrons. The quantitative estimate of drug-likeness (QED) is 0.114. The number of nitrogens with two attached hydrogens (primary N) is 1. The Morgan fingerprint density at radius 1 is 0.957 bits per heavy atom. The molecule has 5 rings (SSSR count). The largest absolute Gasteiger partial charge is 0.393 e. The minimum Gasteiger partial charge on any atom is -0.393 e. The van der Waals surface area contributed by atoms with Crippen LogP contribution in [0, 0.1) is 11.7 Å². The summed E-state index contributed by atoms with van der Waals surface area (Å²) in [4.78, 5) is 31.1. The molecular formula is C36H40FN3O6S. The lowest BCUT2D eigenvalue weighted by atomic mass is 9.78. The number of aliphatic hydroxyl groups excluding tert-OH is 3. The fourth-order valence-electron chi connectivity index (χ4n) is 5.95. The number of β-lactam (4-membered cyclic amide) rings is 1. The number of nitrogens with zero attached hydrogens (tertiary/aromatic N) is 2. The number of benzene rings is 3. The Kier molecular flexibility index (Phi) is 11.2. The Labute approximate surface area is 277 Å². The van der Waals surface area contributed by atoms with Gasteiger partial charge in [-0.05, 0) is 78.6 Å². The molecule has 1 aliphatic rings. The fraction of sp³-hybridized carbons (Fsp3) is 0.361. The summed E-state index contributed by atoms with van der Waals surface area (Å²) in [5.41, 5.74) is 8.69. The van der Waals surface area contributed by atoms with Crippen molar-refractivity contribution >= 4 is 28.8 Å². The normalized spacial score (nSPS) is 17.0. The second-order valence-electron chi connectivity index (χ2n) is 12.2. The maximum atomic E-state index is 13.6. The minimum absolute atomic E-state index is 0.0427. The number of hydrogen-bond donors (Lipinski definition) is 5. The summed E-state index contributed by atoms with van der Waals surface area (Å²) < 4.78 is 13.4. The molecule has 11 heteroatoms. The summed E-state index contributed by atoms with van der Waals surface area (Å²) in [7, 11) is 0. The number of hydrogen-bond acceptors (Lipinski definition) is 8. The van der Waals surface area contributed by atoms with E-state index in [0.717, 1.165) is 33.8 Å². The van der Waals surface area contributed by atoms with Crippen LogP contribution in [0.2, 0.25) is 0 Å². The molecule has 6 N–H and O–H groups in total. The number of anilines is 1. The number of aliphatic hydroxyl groups is 4. The summed E-state index contributed by atoms with van der Waals surface area (Å²) in [5, 5.41) is 42.6. The summed E-state index contributed by atoms with van der Waals surface area (Å²) in [6, 6.07) is 21.1. The average Bonchev–Trinajstić information content (AvgIpc) is 3.52. The molecule has 4 aromatic rings. The number of thiazole rings is 1. The molecule has 0 unspecified atom stereocenters. The van der Waals surface area contributed by atoms with Crippen molar-refractivity contribution in [2.24, 2.45) is 11.7 Å². The van der Waals surface area contributed by atoms with E-state index in [9.17, 15) is 34.4 Å². The fourth-order valence-corrected chi connectivity index (χ4v) is 6.75. The minimum atomic E-state index is -1.55. The molecule has 1 fully saturated rings. The lowest BCUT2D eigenvalue weighted by Crippen LogP contribution is -2.55. The zero-order chi connectivity index (χ0) is 33.6. The molecule has 0 spiro atoms. The van der Waals surface area contributed by atoms with E-state index in [-0.39, 0.29) is 36.5 Å². The van der Waals surface area contributed by atoms with E-state index in [1.807, 2.05) is 53.9 Å². The molecule has 0 saturated carbocycles. The zero-order valence-corrected chi connectivity index (χ0v) is 26.8. The third-order valence-electron chi connectivity index (χ3n) is 8.81. The number of rotatable bonds is 16. The van der Waals surface area contributed by atoms with Crippen molar-refractivity contribution in [1.29, 1.82) is 0 Å². The molecule has 47 heavy (non-hydrogen) atoms. The molecule has 2 amide bonds. The van der Waals surface area contributed by atoms with Crippen LogP contribution >= 0.6 is 11.3 Å². The van der Waals surface area contributed by atoms with Crippen molar-refractivity contribution in [3.05, 3.63) is 117 Å². The monoisotopic (exact) mass is 661 g/mol. The van der Waals surface area contributed by atoms with Crippen LogP contribution in [0.4, 0.5) is 10.1 Å². The van der Waals surface area contributed by atoms with Crippen molar-refractivity contribution in [2.75, 3.05) is 18.1 Å². The van der Waals surface area contributed by atoms with Crippen LogP contribution in [0.3, 0.4) is 0 Å². The Balaban J connectivity index is 1.30. The van der Waals surface area contributed by atoms with Gasteiger partial charge >= 0.3 is 0 Å². The van der Waals surface area contributed by atoms with Gasteiger partial charge in [-0.15, -0.1) is 11.3 Å². The van der Waals surface area contributed by atoms with Gasteiger partial charge in [0.05, 0.1) is 48.4 Å². The number of carbonyl (C=O) groups excluding carboxylic acids is 2. The van der Waals surface area contributed by atoms with E-state index in [1.165, 1.54) is 23.5 Å². The number of primary amides is 1. The van der Waals surface area contributed by atoms with E-state index in [1.54, 1.807) is 17.0 Å². The van der Waals surface area contributed by atoms with Gasteiger partial charge < -0.3 is 31.1 Å².